The second-order valence-electron chi connectivity index (χ2n) is 3.70. The molecule has 96 valence electrons. The van der Waals surface area contributed by atoms with Gasteiger partial charge in [-0.15, -0.1) is 0 Å². The highest BCUT2D eigenvalue weighted by Gasteiger charge is 2.15. The fourth-order valence-corrected chi connectivity index (χ4v) is 1.62. The molecule has 1 saturated heterocycles. The zero-order valence-electron chi connectivity index (χ0n) is 9.85. The molecule has 0 saturated carbocycles. The van der Waals surface area contributed by atoms with Gasteiger partial charge in [-0.3, -0.25) is 4.90 Å². The number of hydrogen-bond donors (Lipinski definition) is 1. The van der Waals surface area contributed by atoms with Gasteiger partial charge in [-0.25, -0.2) is 9.59 Å². The minimum absolute atomic E-state index is 0.187. The maximum Gasteiger partial charge on any atom is 0.334 e. The van der Waals surface area contributed by atoms with Gasteiger partial charge < -0.3 is 14.6 Å². The molecule has 1 aliphatic heterocycles. The minimum atomic E-state index is -1.13. The van der Waals surface area contributed by atoms with Crippen LogP contribution in [-0.4, -0.2) is 61.9 Å². The summed E-state index contributed by atoms with van der Waals surface area (Å²) in [4.78, 5) is 24.0. The van der Waals surface area contributed by atoms with Crippen LogP contribution in [0.25, 0.3) is 0 Å². The number of hydrogen-bond acceptors (Lipinski definition) is 5. The van der Waals surface area contributed by atoms with Crippen molar-refractivity contribution in [3.8, 4) is 0 Å². The van der Waals surface area contributed by atoms with E-state index in [1.807, 2.05) is 0 Å². The van der Waals surface area contributed by atoms with E-state index >= 15 is 0 Å². The van der Waals surface area contributed by atoms with Gasteiger partial charge in [-0.05, 0) is 6.42 Å². The van der Waals surface area contributed by atoms with Crippen molar-refractivity contribution >= 4 is 11.9 Å². The zero-order valence-corrected chi connectivity index (χ0v) is 9.85. The number of rotatable bonds is 5. The number of carboxylic acids is 1. The molecule has 0 bridgehead atoms. The molecule has 0 radical (unpaired) electrons. The van der Waals surface area contributed by atoms with Crippen LogP contribution in [0.2, 0.25) is 0 Å². The van der Waals surface area contributed by atoms with Gasteiger partial charge in [-0.1, -0.05) is 0 Å². The molecule has 6 nitrogen and oxygen atoms in total. The van der Waals surface area contributed by atoms with Gasteiger partial charge in [0.1, 0.15) is 0 Å². The second-order valence-corrected chi connectivity index (χ2v) is 3.70. The first-order valence-corrected chi connectivity index (χ1v) is 5.45. The largest absolute Gasteiger partial charge is 0.478 e. The Bertz CT molecular complexity index is 307. The Labute approximate surface area is 99.8 Å². The predicted molar refractivity (Wildman–Crippen MR) is 59.6 cm³/mol. The number of carbonyl (C=O) groups excluding carboxylic acids is 1. The van der Waals surface area contributed by atoms with Crippen LogP contribution in [-0.2, 0) is 19.1 Å². The highest BCUT2D eigenvalue weighted by molar-refractivity contribution is 5.95. The number of nitrogens with zero attached hydrogens (tertiary/aromatic N) is 1. The SMILES string of the molecule is COC(=O)/C(=C/C(=O)O)CCN1CCOCC1. The highest BCUT2D eigenvalue weighted by Crippen LogP contribution is 2.07. The van der Waals surface area contributed by atoms with E-state index in [0.717, 1.165) is 19.2 Å². The van der Waals surface area contributed by atoms with Crippen molar-refractivity contribution < 1.29 is 24.2 Å². The van der Waals surface area contributed by atoms with E-state index in [4.69, 9.17) is 9.84 Å². The molecule has 17 heavy (non-hydrogen) atoms. The molecular weight excluding hydrogens is 226 g/mol. The highest BCUT2D eigenvalue weighted by atomic mass is 16.5. The van der Waals surface area contributed by atoms with Crippen molar-refractivity contribution in [2.45, 2.75) is 6.42 Å². The lowest BCUT2D eigenvalue weighted by atomic mass is 10.1. The maximum atomic E-state index is 11.3. The van der Waals surface area contributed by atoms with Crippen LogP contribution in [0.1, 0.15) is 6.42 Å². The fourth-order valence-electron chi connectivity index (χ4n) is 1.62. The fraction of sp³-hybridized carbons (Fsp3) is 0.636. The average Bonchev–Trinajstić information content (AvgIpc) is 2.34. The lowest BCUT2D eigenvalue weighted by molar-refractivity contribution is -0.137. The number of carbonyl (C=O) groups is 2. The Morgan fingerprint density at radius 2 is 2.06 bits per heavy atom. The summed E-state index contributed by atoms with van der Waals surface area (Å²) in [5.41, 5.74) is 0.187. The van der Waals surface area contributed by atoms with Crippen molar-refractivity contribution in [3.63, 3.8) is 0 Å². The number of carboxylic acid groups (broad SMARTS) is 1. The first kappa shape index (κ1) is 13.7. The summed E-state index contributed by atoms with van der Waals surface area (Å²) in [6, 6.07) is 0. The van der Waals surface area contributed by atoms with Gasteiger partial charge in [0.2, 0.25) is 0 Å². The topological polar surface area (TPSA) is 76.1 Å². The third kappa shape index (κ3) is 4.97. The minimum Gasteiger partial charge on any atom is -0.478 e. The number of aliphatic carboxylic acids is 1. The molecule has 0 aliphatic carbocycles. The van der Waals surface area contributed by atoms with Crippen LogP contribution >= 0.6 is 0 Å². The zero-order chi connectivity index (χ0) is 12.7. The molecule has 1 aliphatic rings. The normalized spacial score (nSPS) is 17.8. The Hall–Kier alpha value is -1.40. The Morgan fingerprint density at radius 3 is 2.59 bits per heavy atom. The average molecular weight is 243 g/mol. The van der Waals surface area contributed by atoms with Crippen LogP contribution in [0, 0.1) is 0 Å². The standard InChI is InChI=1S/C11H17NO5/c1-16-11(15)9(8-10(13)14)2-3-12-4-6-17-7-5-12/h8H,2-7H2,1H3,(H,13,14)/b9-8+. The number of methoxy groups -OCH3 is 1. The Balaban J connectivity index is 2.48. The molecule has 1 fully saturated rings. The van der Waals surface area contributed by atoms with E-state index in [1.165, 1.54) is 7.11 Å². The Kier molecular flexibility index (Phi) is 5.65. The van der Waals surface area contributed by atoms with Crippen molar-refractivity contribution in [1.82, 2.24) is 4.90 Å². The lowest BCUT2D eigenvalue weighted by Gasteiger charge is -2.26. The summed E-state index contributed by atoms with van der Waals surface area (Å²) in [7, 11) is 1.24. The molecule has 0 unspecified atom stereocenters. The van der Waals surface area contributed by atoms with E-state index in [0.29, 0.717) is 26.2 Å². The number of morpholine rings is 1. The smallest absolute Gasteiger partial charge is 0.334 e. The molecule has 1 N–H and O–H groups in total. The Morgan fingerprint density at radius 1 is 1.41 bits per heavy atom. The van der Waals surface area contributed by atoms with Gasteiger partial charge in [-0.2, -0.15) is 0 Å². The molecule has 1 rings (SSSR count). The van der Waals surface area contributed by atoms with Gasteiger partial charge >= 0.3 is 11.9 Å². The van der Waals surface area contributed by atoms with Crippen LogP contribution in [0.15, 0.2) is 11.6 Å². The number of esters is 1. The van der Waals surface area contributed by atoms with Gasteiger partial charge in [0, 0.05) is 31.3 Å². The number of ether oxygens (including phenoxy) is 2. The monoisotopic (exact) mass is 243 g/mol. The van der Waals surface area contributed by atoms with Crippen LogP contribution in [0.5, 0.6) is 0 Å². The molecule has 0 aromatic carbocycles. The first-order valence-electron chi connectivity index (χ1n) is 5.45. The molecule has 0 atom stereocenters. The molecule has 0 spiro atoms. The van der Waals surface area contributed by atoms with Crippen LogP contribution in [0.3, 0.4) is 0 Å². The maximum absolute atomic E-state index is 11.3. The van der Waals surface area contributed by atoms with Crippen molar-refractivity contribution in [2.24, 2.45) is 0 Å². The summed E-state index contributed by atoms with van der Waals surface area (Å²) in [6.45, 7) is 3.60. The quantitative estimate of drug-likeness (QED) is 0.536. The van der Waals surface area contributed by atoms with Crippen molar-refractivity contribution in [3.05, 3.63) is 11.6 Å². The molecule has 0 amide bonds. The van der Waals surface area contributed by atoms with E-state index in [2.05, 4.69) is 9.64 Å². The van der Waals surface area contributed by atoms with Gasteiger partial charge in [0.25, 0.3) is 0 Å². The van der Waals surface area contributed by atoms with Gasteiger partial charge in [0.15, 0.2) is 0 Å². The van der Waals surface area contributed by atoms with Gasteiger partial charge in [0.05, 0.1) is 20.3 Å². The van der Waals surface area contributed by atoms with E-state index < -0.39 is 11.9 Å². The molecule has 0 aromatic heterocycles. The van der Waals surface area contributed by atoms with E-state index in [-0.39, 0.29) is 5.57 Å². The molecule has 1 heterocycles. The summed E-state index contributed by atoms with van der Waals surface area (Å²) in [5.74, 6) is -1.71. The first-order chi connectivity index (χ1) is 8.13. The lowest BCUT2D eigenvalue weighted by Crippen LogP contribution is -2.37. The molecular formula is C11H17NO5. The summed E-state index contributed by atoms with van der Waals surface area (Å²) in [5, 5.41) is 8.65. The van der Waals surface area contributed by atoms with Crippen LogP contribution in [0.4, 0.5) is 0 Å². The molecule has 0 aromatic rings. The third-order valence-electron chi connectivity index (χ3n) is 2.55. The van der Waals surface area contributed by atoms with E-state index in [9.17, 15) is 9.59 Å². The van der Waals surface area contributed by atoms with Crippen molar-refractivity contribution in [1.29, 1.82) is 0 Å². The van der Waals surface area contributed by atoms with Crippen molar-refractivity contribution in [2.75, 3.05) is 40.0 Å². The van der Waals surface area contributed by atoms with Crippen LogP contribution < -0.4 is 0 Å². The summed E-state index contributed by atoms with van der Waals surface area (Å²) in [6.07, 6.45) is 1.28. The molecule has 6 heteroatoms. The second kappa shape index (κ2) is 7.03. The summed E-state index contributed by atoms with van der Waals surface area (Å²) < 4.78 is 9.74. The summed E-state index contributed by atoms with van der Waals surface area (Å²) >= 11 is 0. The predicted octanol–water partition coefficient (Wildman–Crippen LogP) is -0.107. The third-order valence-corrected chi connectivity index (χ3v) is 2.55. The van der Waals surface area contributed by atoms with E-state index in [1.54, 1.807) is 0 Å².